The third kappa shape index (κ3) is 2.92. The summed E-state index contributed by atoms with van der Waals surface area (Å²) in [5.74, 6) is 1.30. The minimum absolute atomic E-state index is 0.0570. The lowest BCUT2D eigenvalue weighted by molar-refractivity contribution is 0.0982. The van der Waals surface area contributed by atoms with Crippen molar-refractivity contribution in [2.45, 2.75) is 19.8 Å². The monoisotopic (exact) mass is 282 g/mol. The second kappa shape index (κ2) is 6.00. The van der Waals surface area contributed by atoms with E-state index in [1.807, 2.05) is 24.3 Å². The molecule has 2 aromatic carbocycles. The van der Waals surface area contributed by atoms with Gasteiger partial charge in [0.2, 0.25) is 0 Å². The van der Waals surface area contributed by atoms with Gasteiger partial charge in [-0.25, -0.2) is 0 Å². The van der Waals surface area contributed by atoms with Crippen LogP contribution in [0.2, 0.25) is 0 Å². The van der Waals surface area contributed by atoms with Gasteiger partial charge < -0.3 is 9.47 Å². The van der Waals surface area contributed by atoms with Crippen LogP contribution in [0.1, 0.15) is 28.4 Å². The van der Waals surface area contributed by atoms with Gasteiger partial charge in [0, 0.05) is 6.42 Å². The standard InChI is InChI=1S/C18H18O3/c1-2-13-6-8-14(9-7-13)12-16(19)15-4-3-5-17-18(15)21-11-10-20-17/h3-9H,2,10-12H2,1H3. The summed E-state index contributed by atoms with van der Waals surface area (Å²) in [6.45, 7) is 3.14. The van der Waals surface area contributed by atoms with Crippen LogP contribution < -0.4 is 9.47 Å². The predicted molar refractivity (Wildman–Crippen MR) is 81.3 cm³/mol. The van der Waals surface area contributed by atoms with E-state index in [0.29, 0.717) is 36.7 Å². The Kier molecular flexibility index (Phi) is 3.91. The minimum atomic E-state index is 0.0570. The molecule has 0 saturated carbocycles. The van der Waals surface area contributed by atoms with E-state index in [4.69, 9.17) is 9.47 Å². The molecule has 1 aliphatic heterocycles. The molecule has 21 heavy (non-hydrogen) atoms. The molecule has 0 aliphatic carbocycles. The molecule has 0 saturated heterocycles. The van der Waals surface area contributed by atoms with E-state index in [-0.39, 0.29) is 5.78 Å². The molecule has 0 spiro atoms. The number of benzene rings is 2. The quantitative estimate of drug-likeness (QED) is 0.806. The van der Waals surface area contributed by atoms with E-state index in [1.54, 1.807) is 6.07 Å². The Bertz CT molecular complexity index is 644. The Labute approximate surface area is 124 Å². The van der Waals surface area contributed by atoms with Crippen molar-refractivity contribution >= 4 is 5.78 Å². The van der Waals surface area contributed by atoms with Crippen molar-refractivity contribution in [1.29, 1.82) is 0 Å². The predicted octanol–water partition coefficient (Wildman–Crippen LogP) is 3.45. The first-order chi connectivity index (χ1) is 10.3. The number of carbonyl (C=O) groups is 1. The molecule has 2 aromatic rings. The van der Waals surface area contributed by atoms with Gasteiger partial charge in [-0.1, -0.05) is 37.3 Å². The van der Waals surface area contributed by atoms with Crippen LogP contribution in [-0.4, -0.2) is 19.0 Å². The van der Waals surface area contributed by atoms with Gasteiger partial charge in [0.15, 0.2) is 17.3 Å². The zero-order chi connectivity index (χ0) is 14.7. The summed E-state index contributed by atoms with van der Waals surface area (Å²) in [4.78, 5) is 12.5. The van der Waals surface area contributed by atoms with E-state index >= 15 is 0 Å². The highest BCUT2D eigenvalue weighted by Gasteiger charge is 2.20. The first-order valence-corrected chi connectivity index (χ1v) is 7.27. The van der Waals surface area contributed by atoms with Crippen LogP contribution in [0.15, 0.2) is 42.5 Å². The van der Waals surface area contributed by atoms with Crippen LogP contribution in [0.4, 0.5) is 0 Å². The van der Waals surface area contributed by atoms with Crippen LogP contribution >= 0.6 is 0 Å². The molecule has 0 fully saturated rings. The second-order valence-corrected chi connectivity index (χ2v) is 5.10. The number of rotatable bonds is 4. The third-order valence-corrected chi connectivity index (χ3v) is 3.66. The molecule has 0 radical (unpaired) electrons. The molecule has 3 heteroatoms. The van der Waals surface area contributed by atoms with Crippen molar-refractivity contribution < 1.29 is 14.3 Å². The highest BCUT2D eigenvalue weighted by Crippen LogP contribution is 2.34. The van der Waals surface area contributed by atoms with Gasteiger partial charge in [-0.2, -0.15) is 0 Å². The average Bonchev–Trinajstić information content (AvgIpc) is 2.55. The summed E-state index contributed by atoms with van der Waals surface area (Å²) in [6.07, 6.45) is 1.38. The number of hydrogen-bond acceptors (Lipinski definition) is 3. The number of para-hydroxylation sites is 1. The van der Waals surface area contributed by atoms with E-state index in [2.05, 4.69) is 19.1 Å². The number of fused-ring (bicyclic) bond motifs is 1. The van der Waals surface area contributed by atoms with Crippen molar-refractivity contribution in [3.63, 3.8) is 0 Å². The van der Waals surface area contributed by atoms with Crippen molar-refractivity contribution in [2.75, 3.05) is 13.2 Å². The Morgan fingerprint density at radius 3 is 2.48 bits per heavy atom. The molecule has 0 bridgehead atoms. The van der Waals surface area contributed by atoms with Gasteiger partial charge in [0.25, 0.3) is 0 Å². The number of ether oxygens (including phenoxy) is 2. The largest absolute Gasteiger partial charge is 0.486 e. The van der Waals surface area contributed by atoms with Crippen molar-refractivity contribution in [3.8, 4) is 11.5 Å². The Balaban J connectivity index is 1.82. The van der Waals surface area contributed by atoms with Gasteiger partial charge in [0.05, 0.1) is 5.56 Å². The molecular weight excluding hydrogens is 264 g/mol. The van der Waals surface area contributed by atoms with E-state index in [9.17, 15) is 4.79 Å². The molecule has 0 aromatic heterocycles. The first kappa shape index (κ1) is 13.7. The fraction of sp³-hybridized carbons (Fsp3) is 0.278. The van der Waals surface area contributed by atoms with E-state index < -0.39 is 0 Å². The van der Waals surface area contributed by atoms with Crippen LogP contribution in [0, 0.1) is 0 Å². The molecule has 0 amide bonds. The van der Waals surface area contributed by atoms with Crippen LogP contribution in [0.5, 0.6) is 11.5 Å². The summed E-state index contributed by atoms with van der Waals surface area (Å²) >= 11 is 0. The summed E-state index contributed by atoms with van der Waals surface area (Å²) in [5, 5.41) is 0. The maximum atomic E-state index is 12.5. The molecular formula is C18H18O3. The van der Waals surface area contributed by atoms with Crippen molar-refractivity contribution in [2.24, 2.45) is 0 Å². The van der Waals surface area contributed by atoms with Crippen LogP contribution in [-0.2, 0) is 12.8 Å². The van der Waals surface area contributed by atoms with Crippen LogP contribution in [0.25, 0.3) is 0 Å². The molecule has 0 unspecified atom stereocenters. The fourth-order valence-corrected chi connectivity index (χ4v) is 2.47. The zero-order valence-electron chi connectivity index (χ0n) is 12.1. The summed E-state index contributed by atoms with van der Waals surface area (Å²) < 4.78 is 11.1. The van der Waals surface area contributed by atoms with Gasteiger partial charge in [-0.15, -0.1) is 0 Å². The molecule has 3 nitrogen and oxygen atoms in total. The topological polar surface area (TPSA) is 35.5 Å². The molecule has 0 atom stereocenters. The molecule has 0 N–H and O–H groups in total. The summed E-state index contributed by atoms with van der Waals surface area (Å²) in [7, 11) is 0. The van der Waals surface area contributed by atoms with Crippen molar-refractivity contribution in [1.82, 2.24) is 0 Å². The smallest absolute Gasteiger partial charge is 0.172 e. The lowest BCUT2D eigenvalue weighted by atomic mass is 10.0. The second-order valence-electron chi connectivity index (χ2n) is 5.10. The maximum absolute atomic E-state index is 12.5. The van der Waals surface area contributed by atoms with Crippen LogP contribution in [0.3, 0.4) is 0 Å². The highest BCUT2D eigenvalue weighted by molar-refractivity contribution is 6.00. The average molecular weight is 282 g/mol. The number of carbonyl (C=O) groups excluding carboxylic acids is 1. The molecule has 3 rings (SSSR count). The summed E-state index contributed by atoms with van der Waals surface area (Å²) in [6, 6.07) is 13.6. The van der Waals surface area contributed by atoms with Gasteiger partial charge in [0.1, 0.15) is 13.2 Å². The lowest BCUT2D eigenvalue weighted by Crippen LogP contribution is -2.18. The number of aryl methyl sites for hydroxylation is 1. The normalized spacial score (nSPS) is 13.0. The Morgan fingerprint density at radius 2 is 1.71 bits per heavy atom. The first-order valence-electron chi connectivity index (χ1n) is 7.27. The van der Waals surface area contributed by atoms with Gasteiger partial charge >= 0.3 is 0 Å². The summed E-state index contributed by atoms with van der Waals surface area (Å²) in [5.41, 5.74) is 2.90. The molecule has 108 valence electrons. The van der Waals surface area contributed by atoms with Gasteiger partial charge in [-0.3, -0.25) is 4.79 Å². The fourth-order valence-electron chi connectivity index (χ4n) is 2.47. The number of ketones is 1. The Hall–Kier alpha value is -2.29. The number of hydrogen-bond donors (Lipinski definition) is 0. The maximum Gasteiger partial charge on any atom is 0.172 e. The zero-order valence-corrected chi connectivity index (χ0v) is 12.1. The number of Topliss-reactive ketones (excluding diaryl/α,β-unsaturated/α-hetero) is 1. The Morgan fingerprint density at radius 1 is 1.00 bits per heavy atom. The third-order valence-electron chi connectivity index (χ3n) is 3.66. The SMILES string of the molecule is CCc1ccc(CC(=O)c2cccc3c2OCCO3)cc1. The van der Waals surface area contributed by atoms with E-state index in [0.717, 1.165) is 12.0 Å². The highest BCUT2D eigenvalue weighted by atomic mass is 16.6. The van der Waals surface area contributed by atoms with Crippen molar-refractivity contribution in [3.05, 3.63) is 59.2 Å². The van der Waals surface area contributed by atoms with E-state index in [1.165, 1.54) is 5.56 Å². The molecule has 1 heterocycles. The molecule has 1 aliphatic rings. The van der Waals surface area contributed by atoms with Gasteiger partial charge in [-0.05, 0) is 29.7 Å². The minimum Gasteiger partial charge on any atom is -0.486 e. The lowest BCUT2D eigenvalue weighted by Gasteiger charge is -2.20.